The van der Waals surface area contributed by atoms with Crippen molar-refractivity contribution in [1.29, 1.82) is 0 Å². The first-order chi connectivity index (χ1) is 18.5. The standard InChI is InChI=1S/C30H31ClN4O3.ClH/c1-22-17-28(30(36)32-27-10-7-23(8-11-27)19-34-13-15-37-16-14-34)33-35(22)20-25-18-26(31)9-12-29(25)38-21-24-5-3-2-4-6-24;/h2-12,17-18H,13-16,19-21H2,1H3,(H,32,36);1H. The van der Waals surface area contributed by atoms with Crippen LogP contribution in [0.5, 0.6) is 5.75 Å². The Kier molecular flexibility index (Phi) is 10.0. The van der Waals surface area contributed by atoms with Crippen molar-refractivity contribution >= 4 is 35.6 Å². The molecular formula is C30H32Cl2N4O3. The average Bonchev–Trinajstić information content (AvgIpc) is 3.30. The highest BCUT2D eigenvalue weighted by molar-refractivity contribution is 6.30. The molecule has 0 aliphatic carbocycles. The molecule has 1 fully saturated rings. The number of hydrogen-bond acceptors (Lipinski definition) is 5. The zero-order valence-corrected chi connectivity index (χ0v) is 23.4. The molecule has 0 radical (unpaired) electrons. The van der Waals surface area contributed by atoms with Gasteiger partial charge in [0.1, 0.15) is 12.4 Å². The summed E-state index contributed by atoms with van der Waals surface area (Å²) in [6.07, 6.45) is 0. The highest BCUT2D eigenvalue weighted by atomic mass is 35.5. The van der Waals surface area contributed by atoms with Gasteiger partial charge in [-0.15, -0.1) is 12.4 Å². The predicted octanol–water partition coefficient (Wildman–Crippen LogP) is 5.98. The maximum absolute atomic E-state index is 13.0. The maximum atomic E-state index is 13.0. The zero-order valence-electron chi connectivity index (χ0n) is 21.8. The predicted molar refractivity (Wildman–Crippen MR) is 156 cm³/mol. The summed E-state index contributed by atoms with van der Waals surface area (Å²) in [6.45, 7) is 7.12. The number of rotatable bonds is 9. The van der Waals surface area contributed by atoms with Crippen LogP contribution in [-0.2, 0) is 24.4 Å². The van der Waals surface area contributed by atoms with E-state index in [2.05, 4.69) is 15.3 Å². The normalized spacial score (nSPS) is 13.5. The van der Waals surface area contributed by atoms with Gasteiger partial charge in [-0.1, -0.05) is 54.1 Å². The quantitative estimate of drug-likeness (QED) is 0.270. The minimum Gasteiger partial charge on any atom is -0.489 e. The smallest absolute Gasteiger partial charge is 0.276 e. The summed E-state index contributed by atoms with van der Waals surface area (Å²) in [4.78, 5) is 15.3. The number of hydrogen-bond donors (Lipinski definition) is 1. The Balaban J connectivity index is 0.00000353. The topological polar surface area (TPSA) is 68.6 Å². The molecule has 204 valence electrons. The van der Waals surface area contributed by atoms with Crippen molar-refractivity contribution in [2.45, 2.75) is 26.6 Å². The van der Waals surface area contributed by atoms with Gasteiger partial charge in [0.15, 0.2) is 5.69 Å². The van der Waals surface area contributed by atoms with Gasteiger partial charge >= 0.3 is 0 Å². The Hall–Kier alpha value is -3.36. The molecule has 4 aromatic rings. The Morgan fingerprint density at radius 2 is 1.72 bits per heavy atom. The lowest BCUT2D eigenvalue weighted by molar-refractivity contribution is 0.0342. The van der Waals surface area contributed by atoms with Gasteiger partial charge in [0.05, 0.1) is 19.8 Å². The van der Waals surface area contributed by atoms with E-state index < -0.39 is 0 Å². The van der Waals surface area contributed by atoms with Crippen LogP contribution < -0.4 is 10.1 Å². The molecule has 0 bridgehead atoms. The lowest BCUT2D eigenvalue weighted by Crippen LogP contribution is -2.35. The summed E-state index contributed by atoms with van der Waals surface area (Å²) in [7, 11) is 0. The van der Waals surface area contributed by atoms with Gasteiger partial charge in [-0.2, -0.15) is 5.10 Å². The van der Waals surface area contributed by atoms with Crippen molar-refractivity contribution in [3.63, 3.8) is 0 Å². The van der Waals surface area contributed by atoms with Crippen molar-refractivity contribution in [2.24, 2.45) is 0 Å². The molecule has 2 heterocycles. The molecule has 1 amide bonds. The Morgan fingerprint density at radius 3 is 2.46 bits per heavy atom. The average molecular weight is 568 g/mol. The summed E-state index contributed by atoms with van der Waals surface area (Å²) in [5.41, 5.74) is 5.13. The first kappa shape index (κ1) is 28.6. The van der Waals surface area contributed by atoms with Gasteiger partial charge in [0.25, 0.3) is 5.91 Å². The van der Waals surface area contributed by atoms with Crippen LogP contribution in [0.2, 0.25) is 5.02 Å². The van der Waals surface area contributed by atoms with Gasteiger partial charge < -0.3 is 14.8 Å². The minimum atomic E-state index is -0.251. The van der Waals surface area contributed by atoms with Crippen LogP contribution >= 0.6 is 24.0 Å². The van der Waals surface area contributed by atoms with E-state index in [9.17, 15) is 4.79 Å². The van der Waals surface area contributed by atoms with E-state index in [-0.39, 0.29) is 18.3 Å². The largest absolute Gasteiger partial charge is 0.489 e. The number of aryl methyl sites for hydroxylation is 1. The number of carbonyl (C=O) groups excluding carboxylic acids is 1. The number of aromatic nitrogens is 2. The molecule has 7 nitrogen and oxygen atoms in total. The Morgan fingerprint density at radius 1 is 0.974 bits per heavy atom. The molecule has 1 aromatic heterocycles. The van der Waals surface area contributed by atoms with Crippen LogP contribution in [0.15, 0.2) is 78.9 Å². The zero-order chi connectivity index (χ0) is 26.3. The second-order valence-corrected chi connectivity index (χ2v) is 9.83. The fourth-order valence-electron chi connectivity index (χ4n) is 4.40. The molecule has 39 heavy (non-hydrogen) atoms. The van der Waals surface area contributed by atoms with E-state index in [1.54, 1.807) is 10.7 Å². The first-order valence-corrected chi connectivity index (χ1v) is 13.1. The number of halogens is 2. The Bertz CT molecular complexity index is 1370. The van der Waals surface area contributed by atoms with Crippen LogP contribution in [0.4, 0.5) is 5.69 Å². The van der Waals surface area contributed by atoms with E-state index in [1.807, 2.05) is 79.7 Å². The highest BCUT2D eigenvalue weighted by Crippen LogP contribution is 2.25. The number of anilines is 1. The molecular weight excluding hydrogens is 535 g/mol. The molecule has 5 rings (SSSR count). The second kappa shape index (κ2) is 13.6. The van der Waals surface area contributed by atoms with Gasteiger partial charge in [0, 0.05) is 41.6 Å². The number of amides is 1. The van der Waals surface area contributed by atoms with Crippen LogP contribution in [0.1, 0.15) is 32.9 Å². The molecule has 1 aliphatic heterocycles. The number of nitrogens with zero attached hydrogens (tertiary/aromatic N) is 3. The van der Waals surface area contributed by atoms with Crippen LogP contribution in [0.3, 0.4) is 0 Å². The van der Waals surface area contributed by atoms with Crippen molar-refractivity contribution in [1.82, 2.24) is 14.7 Å². The van der Waals surface area contributed by atoms with E-state index >= 15 is 0 Å². The molecule has 9 heteroatoms. The summed E-state index contributed by atoms with van der Waals surface area (Å²) < 4.78 is 13.3. The van der Waals surface area contributed by atoms with E-state index in [1.165, 1.54) is 5.56 Å². The summed E-state index contributed by atoms with van der Waals surface area (Å²) in [5.74, 6) is 0.482. The van der Waals surface area contributed by atoms with E-state index in [0.717, 1.165) is 61.1 Å². The number of benzene rings is 3. The van der Waals surface area contributed by atoms with Crippen LogP contribution in [0, 0.1) is 6.92 Å². The van der Waals surface area contributed by atoms with Gasteiger partial charge in [0.2, 0.25) is 0 Å². The van der Waals surface area contributed by atoms with Crippen molar-refractivity contribution in [3.05, 3.63) is 112 Å². The summed E-state index contributed by atoms with van der Waals surface area (Å²) >= 11 is 6.29. The molecule has 1 N–H and O–H groups in total. The fraction of sp³-hybridized carbons (Fsp3) is 0.267. The van der Waals surface area contributed by atoms with Crippen LogP contribution in [-0.4, -0.2) is 46.9 Å². The van der Waals surface area contributed by atoms with Gasteiger partial charge in [-0.25, -0.2) is 0 Å². The van der Waals surface area contributed by atoms with E-state index in [0.29, 0.717) is 23.9 Å². The first-order valence-electron chi connectivity index (χ1n) is 12.7. The molecule has 1 saturated heterocycles. The molecule has 3 aromatic carbocycles. The maximum Gasteiger partial charge on any atom is 0.276 e. The summed E-state index contributed by atoms with van der Waals surface area (Å²) in [5, 5.41) is 8.15. The molecule has 1 aliphatic rings. The highest BCUT2D eigenvalue weighted by Gasteiger charge is 2.15. The number of morpholine rings is 1. The molecule has 0 unspecified atom stereocenters. The van der Waals surface area contributed by atoms with Crippen LogP contribution in [0.25, 0.3) is 0 Å². The third-order valence-corrected chi connectivity index (χ3v) is 6.75. The van der Waals surface area contributed by atoms with Gasteiger partial charge in [-0.3, -0.25) is 14.4 Å². The SMILES string of the molecule is Cc1cc(C(=O)Nc2ccc(CN3CCOCC3)cc2)nn1Cc1cc(Cl)ccc1OCc1ccccc1.Cl. The number of nitrogens with one attached hydrogen (secondary N) is 1. The fourth-order valence-corrected chi connectivity index (χ4v) is 4.59. The number of ether oxygens (including phenoxy) is 2. The minimum absolute atomic E-state index is 0. The number of carbonyl (C=O) groups is 1. The Labute approximate surface area is 240 Å². The van der Waals surface area contributed by atoms with Crippen molar-refractivity contribution < 1.29 is 14.3 Å². The third kappa shape index (κ3) is 7.83. The van der Waals surface area contributed by atoms with Crippen molar-refractivity contribution in [3.8, 4) is 5.75 Å². The summed E-state index contributed by atoms with van der Waals surface area (Å²) in [6, 6.07) is 25.3. The molecule has 0 saturated carbocycles. The van der Waals surface area contributed by atoms with Gasteiger partial charge in [-0.05, 0) is 54.4 Å². The molecule has 0 atom stereocenters. The molecule has 0 spiro atoms. The monoisotopic (exact) mass is 566 g/mol. The lowest BCUT2D eigenvalue weighted by atomic mass is 10.2. The third-order valence-electron chi connectivity index (χ3n) is 6.52. The van der Waals surface area contributed by atoms with E-state index in [4.69, 9.17) is 21.1 Å². The lowest BCUT2D eigenvalue weighted by Gasteiger charge is -2.26. The van der Waals surface area contributed by atoms with Crippen molar-refractivity contribution in [2.75, 3.05) is 31.6 Å². The second-order valence-electron chi connectivity index (χ2n) is 9.39.